The molecule has 5 nitrogen and oxygen atoms in total. The number of carbonyl (C=O) groups is 1. The molecule has 0 spiro atoms. The van der Waals surface area contributed by atoms with Gasteiger partial charge in [0, 0.05) is 6.92 Å². The third-order valence-electron chi connectivity index (χ3n) is 1.64. The fraction of sp³-hybridized carbons (Fsp3) is 0.714. The minimum Gasteiger partial charge on any atom is -0.467 e. The second-order valence-corrected chi connectivity index (χ2v) is 3.08. The number of nitrogens with zero attached hydrogens (tertiary/aromatic N) is 2. The molecular formula is C7H13N3O2. The third-order valence-corrected chi connectivity index (χ3v) is 1.64. The first-order chi connectivity index (χ1) is 5.47. The van der Waals surface area contributed by atoms with Crippen molar-refractivity contribution in [1.29, 1.82) is 0 Å². The molecule has 12 heavy (non-hydrogen) atoms. The van der Waals surface area contributed by atoms with Crippen molar-refractivity contribution >= 4 is 11.9 Å². The average Bonchev–Trinajstić information content (AvgIpc) is 2.25. The van der Waals surface area contributed by atoms with Crippen molar-refractivity contribution in [1.82, 2.24) is 10.4 Å². The Hall–Kier alpha value is -1.26. The quantitative estimate of drug-likeness (QED) is 0.562. The van der Waals surface area contributed by atoms with Crippen LogP contribution in [0.5, 0.6) is 0 Å². The molecule has 0 aromatic heterocycles. The first-order valence-electron chi connectivity index (χ1n) is 3.68. The summed E-state index contributed by atoms with van der Waals surface area (Å²) in [4.78, 5) is 15.2. The molecule has 1 rings (SSSR count). The van der Waals surface area contributed by atoms with E-state index in [2.05, 4.69) is 10.4 Å². The van der Waals surface area contributed by atoms with Crippen molar-refractivity contribution < 1.29 is 9.53 Å². The zero-order chi connectivity index (χ0) is 9.35. The number of nitrogens with one attached hydrogen (secondary N) is 1. The highest BCUT2D eigenvalue weighted by molar-refractivity contribution is 5.83. The van der Waals surface area contributed by atoms with Gasteiger partial charge in [0.2, 0.25) is 5.91 Å². The standard InChI is InChI=1S/C7H13N3O2/c1-5(11)10-7(2,3)8-6(9-10)12-4/h1-4H3,(H,8,9). The molecule has 0 bridgehead atoms. The van der Waals surface area contributed by atoms with E-state index in [1.165, 1.54) is 19.0 Å². The van der Waals surface area contributed by atoms with Crippen LogP contribution in [0.2, 0.25) is 0 Å². The van der Waals surface area contributed by atoms with Gasteiger partial charge in [-0.25, -0.2) is 15.4 Å². The largest absolute Gasteiger partial charge is 0.467 e. The Balaban J connectivity index is 2.82. The molecule has 0 saturated heterocycles. The van der Waals surface area contributed by atoms with Crippen molar-refractivity contribution in [3.63, 3.8) is 0 Å². The lowest BCUT2D eigenvalue weighted by Crippen LogP contribution is -2.49. The summed E-state index contributed by atoms with van der Waals surface area (Å²) in [6.07, 6.45) is 0. The minimum absolute atomic E-state index is 0.0872. The van der Waals surface area contributed by atoms with Gasteiger partial charge < -0.3 is 4.74 Å². The number of methoxy groups -OCH3 is 1. The van der Waals surface area contributed by atoms with Crippen LogP contribution in [0.1, 0.15) is 20.8 Å². The molecule has 1 heterocycles. The van der Waals surface area contributed by atoms with E-state index in [-0.39, 0.29) is 5.91 Å². The molecule has 0 radical (unpaired) electrons. The lowest BCUT2D eigenvalue weighted by Gasteiger charge is -2.26. The van der Waals surface area contributed by atoms with Gasteiger partial charge in [0.15, 0.2) is 5.66 Å². The van der Waals surface area contributed by atoms with E-state index in [0.29, 0.717) is 6.02 Å². The van der Waals surface area contributed by atoms with E-state index >= 15 is 0 Å². The van der Waals surface area contributed by atoms with Crippen molar-refractivity contribution in [2.24, 2.45) is 4.99 Å². The SMILES string of the molecule is COC1=NC(C)(C)N(C(C)=O)N1. The van der Waals surface area contributed by atoms with Crippen LogP contribution in [0.15, 0.2) is 4.99 Å². The van der Waals surface area contributed by atoms with Gasteiger partial charge in [0.05, 0.1) is 7.11 Å². The van der Waals surface area contributed by atoms with Gasteiger partial charge >= 0.3 is 6.02 Å². The van der Waals surface area contributed by atoms with Gasteiger partial charge in [-0.1, -0.05) is 0 Å². The zero-order valence-electron chi connectivity index (χ0n) is 7.71. The molecule has 0 unspecified atom stereocenters. The molecule has 1 N–H and O–H groups in total. The van der Waals surface area contributed by atoms with Gasteiger partial charge in [0.25, 0.3) is 0 Å². The molecule has 0 aromatic rings. The molecule has 1 aliphatic heterocycles. The molecule has 1 aliphatic rings. The summed E-state index contributed by atoms with van der Waals surface area (Å²) in [5.41, 5.74) is 2.18. The Kier molecular flexibility index (Phi) is 1.95. The predicted octanol–water partition coefficient (Wildman–Crippen LogP) is 0.0916. The summed E-state index contributed by atoms with van der Waals surface area (Å²) in [5, 5.41) is 1.42. The van der Waals surface area contributed by atoms with E-state index in [4.69, 9.17) is 4.74 Å². The summed E-state index contributed by atoms with van der Waals surface area (Å²) in [5.74, 6) is -0.0872. The fourth-order valence-corrected chi connectivity index (χ4v) is 1.11. The van der Waals surface area contributed by atoms with E-state index in [1.54, 1.807) is 0 Å². The molecule has 0 aromatic carbocycles. The van der Waals surface area contributed by atoms with Crippen LogP contribution in [0.25, 0.3) is 0 Å². The van der Waals surface area contributed by atoms with Gasteiger partial charge in [-0.15, -0.1) is 0 Å². The topological polar surface area (TPSA) is 53.9 Å². The number of ether oxygens (including phenoxy) is 1. The number of hydrogen-bond acceptors (Lipinski definition) is 4. The second-order valence-electron chi connectivity index (χ2n) is 3.08. The lowest BCUT2D eigenvalue weighted by molar-refractivity contribution is -0.135. The van der Waals surface area contributed by atoms with Crippen LogP contribution in [0.3, 0.4) is 0 Å². The van der Waals surface area contributed by atoms with Gasteiger partial charge in [-0.05, 0) is 13.8 Å². The Labute approximate surface area is 71.4 Å². The number of amidine groups is 1. The third kappa shape index (κ3) is 1.34. The maximum atomic E-state index is 11.1. The van der Waals surface area contributed by atoms with E-state index in [0.717, 1.165) is 0 Å². The Morgan fingerprint density at radius 1 is 1.67 bits per heavy atom. The Morgan fingerprint density at radius 3 is 2.50 bits per heavy atom. The van der Waals surface area contributed by atoms with Crippen LogP contribution < -0.4 is 5.43 Å². The minimum atomic E-state index is -0.558. The van der Waals surface area contributed by atoms with Gasteiger partial charge in [0.1, 0.15) is 0 Å². The summed E-state index contributed by atoms with van der Waals surface area (Å²) in [7, 11) is 1.51. The number of amides is 1. The van der Waals surface area contributed by atoms with Crippen molar-refractivity contribution in [2.45, 2.75) is 26.4 Å². The normalized spacial score (nSPS) is 20.0. The number of hydrazine groups is 1. The zero-order valence-corrected chi connectivity index (χ0v) is 7.71. The number of aliphatic imine (C=N–C) groups is 1. The van der Waals surface area contributed by atoms with E-state index < -0.39 is 5.66 Å². The van der Waals surface area contributed by atoms with Gasteiger partial charge in [-0.2, -0.15) is 0 Å². The number of carbonyl (C=O) groups excluding carboxylic acids is 1. The fourth-order valence-electron chi connectivity index (χ4n) is 1.11. The molecular weight excluding hydrogens is 158 g/mol. The molecule has 0 aliphatic carbocycles. The second kappa shape index (κ2) is 2.66. The first kappa shape index (κ1) is 8.83. The van der Waals surface area contributed by atoms with Crippen LogP contribution in [0.4, 0.5) is 0 Å². The molecule has 0 fully saturated rings. The van der Waals surface area contributed by atoms with Crippen LogP contribution in [0, 0.1) is 0 Å². The maximum absolute atomic E-state index is 11.1. The first-order valence-corrected chi connectivity index (χ1v) is 3.68. The summed E-state index contributed by atoms with van der Waals surface area (Å²) >= 11 is 0. The van der Waals surface area contributed by atoms with Crippen LogP contribution in [-0.4, -0.2) is 29.7 Å². The molecule has 0 atom stereocenters. The van der Waals surface area contributed by atoms with E-state index in [1.807, 2.05) is 13.8 Å². The van der Waals surface area contributed by atoms with E-state index in [9.17, 15) is 4.79 Å². The monoisotopic (exact) mass is 171 g/mol. The Bertz CT molecular complexity index is 235. The lowest BCUT2D eigenvalue weighted by atomic mass is 10.2. The predicted molar refractivity (Wildman–Crippen MR) is 44.2 cm³/mol. The maximum Gasteiger partial charge on any atom is 0.306 e. The highest BCUT2D eigenvalue weighted by Crippen LogP contribution is 2.18. The Morgan fingerprint density at radius 2 is 2.25 bits per heavy atom. The summed E-state index contributed by atoms with van der Waals surface area (Å²) in [6.45, 7) is 5.13. The van der Waals surface area contributed by atoms with Gasteiger partial charge in [-0.3, -0.25) is 4.79 Å². The molecule has 5 heteroatoms. The van der Waals surface area contributed by atoms with Crippen molar-refractivity contribution in [3.8, 4) is 0 Å². The molecule has 0 saturated carbocycles. The average molecular weight is 171 g/mol. The number of hydrogen-bond donors (Lipinski definition) is 1. The van der Waals surface area contributed by atoms with Crippen molar-refractivity contribution in [2.75, 3.05) is 7.11 Å². The van der Waals surface area contributed by atoms with Crippen LogP contribution >= 0.6 is 0 Å². The summed E-state index contributed by atoms with van der Waals surface area (Å²) < 4.78 is 4.87. The summed E-state index contributed by atoms with van der Waals surface area (Å²) in [6, 6.07) is 0.371. The highest BCUT2D eigenvalue weighted by atomic mass is 16.5. The number of rotatable bonds is 0. The van der Waals surface area contributed by atoms with Crippen LogP contribution in [-0.2, 0) is 9.53 Å². The van der Waals surface area contributed by atoms with Crippen molar-refractivity contribution in [3.05, 3.63) is 0 Å². The highest BCUT2D eigenvalue weighted by Gasteiger charge is 2.35. The molecule has 68 valence electrons. The molecule has 1 amide bonds. The smallest absolute Gasteiger partial charge is 0.306 e.